The molecule has 0 aliphatic carbocycles. The first-order valence-electron chi connectivity index (χ1n) is 10.0. The van der Waals surface area contributed by atoms with Crippen LogP contribution < -0.4 is 37.7 Å². The first-order valence-corrected chi connectivity index (χ1v) is 10.0. The van der Waals surface area contributed by atoms with Crippen molar-refractivity contribution >= 4 is 17.6 Å². The van der Waals surface area contributed by atoms with Crippen LogP contribution in [0.2, 0.25) is 0 Å². The van der Waals surface area contributed by atoms with Gasteiger partial charge in [-0.3, -0.25) is 9.59 Å². The molecule has 0 fully saturated rings. The number of rotatable bonds is 9. The third kappa shape index (κ3) is 5.59. The van der Waals surface area contributed by atoms with Gasteiger partial charge in [-0.1, -0.05) is 11.2 Å². The summed E-state index contributed by atoms with van der Waals surface area (Å²) in [6, 6.07) is 7.95. The minimum Gasteiger partial charge on any atom is -1.00 e. The number of ether oxygens (including phenoxy) is 3. The van der Waals surface area contributed by atoms with Gasteiger partial charge >= 0.3 is 5.97 Å². The van der Waals surface area contributed by atoms with Crippen molar-refractivity contribution in [2.24, 2.45) is 0 Å². The summed E-state index contributed by atoms with van der Waals surface area (Å²) >= 11 is 0. The van der Waals surface area contributed by atoms with E-state index in [4.69, 9.17) is 23.8 Å². The third-order valence-corrected chi connectivity index (χ3v) is 5.07. The maximum absolute atomic E-state index is 12.4. The molecule has 0 saturated heterocycles. The van der Waals surface area contributed by atoms with Crippen LogP contribution in [-0.2, 0) is 9.59 Å². The first-order chi connectivity index (χ1) is 15.8. The number of aromatic nitrogens is 1. The molecule has 0 bridgehead atoms. The highest BCUT2D eigenvalue weighted by atomic mass is 35.5. The number of amides is 1. The molecule has 0 radical (unpaired) electrons. The number of aliphatic carboxylic acids is 1. The fourth-order valence-electron chi connectivity index (χ4n) is 3.45. The van der Waals surface area contributed by atoms with Crippen LogP contribution in [0.5, 0.6) is 17.2 Å². The van der Waals surface area contributed by atoms with Gasteiger partial charge in [-0.2, -0.15) is 0 Å². The van der Waals surface area contributed by atoms with E-state index >= 15 is 0 Å². The number of nitrogens with zero attached hydrogens (tertiary/aromatic N) is 1. The summed E-state index contributed by atoms with van der Waals surface area (Å²) in [5.41, 5.74) is 7.56. The molecule has 0 saturated carbocycles. The Labute approximate surface area is 202 Å². The highest BCUT2D eigenvalue weighted by Crippen LogP contribution is 2.40. The molecule has 11 heteroatoms. The molecule has 1 amide bonds. The molecule has 1 heterocycles. The van der Waals surface area contributed by atoms with E-state index in [1.54, 1.807) is 38.5 Å². The van der Waals surface area contributed by atoms with E-state index in [0.29, 0.717) is 39.8 Å². The SMILES string of the molecule is COc1ccc(-c2conc2-c2cc(C)c(OC)c(OC)c2)cc1NC(=O)C([NH3+])CC(=O)O.[Cl-]. The number of aryl methyl sites for hydroxylation is 1. The molecule has 1 aromatic heterocycles. The van der Waals surface area contributed by atoms with Crippen molar-refractivity contribution in [2.75, 3.05) is 26.6 Å². The van der Waals surface area contributed by atoms with Crippen molar-refractivity contribution < 1.29 is 51.6 Å². The van der Waals surface area contributed by atoms with Crippen LogP contribution >= 0.6 is 0 Å². The maximum atomic E-state index is 12.4. The number of hydrogen-bond acceptors (Lipinski definition) is 7. The van der Waals surface area contributed by atoms with E-state index in [1.165, 1.54) is 13.4 Å². The lowest BCUT2D eigenvalue weighted by molar-refractivity contribution is -0.401. The molecule has 3 aromatic rings. The lowest BCUT2D eigenvalue weighted by Crippen LogP contribution is -3.00. The number of carboxylic acids is 1. The Balaban J connectivity index is 0.00000408. The summed E-state index contributed by atoms with van der Waals surface area (Å²) in [6.45, 7) is 1.90. The van der Waals surface area contributed by atoms with E-state index in [-0.39, 0.29) is 18.8 Å². The van der Waals surface area contributed by atoms with Crippen LogP contribution in [0, 0.1) is 6.92 Å². The number of methoxy groups -OCH3 is 3. The second-order valence-electron chi connectivity index (χ2n) is 7.30. The van der Waals surface area contributed by atoms with E-state index in [0.717, 1.165) is 11.1 Å². The normalized spacial score (nSPS) is 11.2. The monoisotopic (exact) mass is 491 g/mol. The molecule has 1 unspecified atom stereocenters. The molecular weight excluding hydrogens is 466 g/mol. The Bertz CT molecular complexity index is 1180. The van der Waals surface area contributed by atoms with Gasteiger partial charge in [-0.05, 0) is 42.3 Å². The van der Waals surface area contributed by atoms with E-state index in [1.807, 2.05) is 13.0 Å². The Morgan fingerprint density at radius 3 is 2.41 bits per heavy atom. The number of quaternary nitrogens is 1. The highest BCUT2D eigenvalue weighted by molar-refractivity contribution is 5.97. The standard InChI is InChI=1S/C23H25N3O7.ClH/c1-12-7-14(9-19(31-3)22(12)32-4)21-15(11-33-26-21)13-5-6-18(30-2)17(8-13)25-23(29)16(24)10-20(27)28;/h5-9,11,16H,10,24H2,1-4H3,(H,25,29)(H,27,28);1H. The Morgan fingerprint density at radius 1 is 1.09 bits per heavy atom. The zero-order chi connectivity index (χ0) is 24.1. The minimum absolute atomic E-state index is 0. The molecule has 5 N–H and O–H groups in total. The quantitative estimate of drug-likeness (QED) is 0.358. The fourth-order valence-corrected chi connectivity index (χ4v) is 3.45. The molecule has 0 aliphatic rings. The Kier molecular flexibility index (Phi) is 8.88. The predicted octanol–water partition coefficient (Wildman–Crippen LogP) is -0.629. The summed E-state index contributed by atoms with van der Waals surface area (Å²) in [7, 11) is 4.61. The van der Waals surface area contributed by atoms with Gasteiger partial charge in [0.2, 0.25) is 0 Å². The third-order valence-electron chi connectivity index (χ3n) is 5.07. The van der Waals surface area contributed by atoms with E-state index in [9.17, 15) is 9.59 Å². The van der Waals surface area contributed by atoms with Crippen molar-refractivity contribution in [3.05, 3.63) is 42.2 Å². The molecule has 10 nitrogen and oxygen atoms in total. The molecule has 3 rings (SSSR count). The van der Waals surface area contributed by atoms with E-state index in [2.05, 4.69) is 16.2 Å². The molecule has 182 valence electrons. The van der Waals surface area contributed by atoms with Gasteiger partial charge in [0.15, 0.2) is 17.5 Å². The number of carboxylic acid groups (broad SMARTS) is 1. The Morgan fingerprint density at radius 2 is 1.79 bits per heavy atom. The molecule has 34 heavy (non-hydrogen) atoms. The van der Waals surface area contributed by atoms with Crippen molar-refractivity contribution in [2.45, 2.75) is 19.4 Å². The number of carbonyl (C=O) groups excluding carboxylic acids is 1. The summed E-state index contributed by atoms with van der Waals surface area (Å²) < 4.78 is 21.5. The van der Waals surface area contributed by atoms with Gasteiger partial charge in [0.1, 0.15) is 24.1 Å². The second-order valence-corrected chi connectivity index (χ2v) is 7.30. The van der Waals surface area contributed by atoms with Crippen LogP contribution in [0.1, 0.15) is 12.0 Å². The van der Waals surface area contributed by atoms with Gasteiger partial charge in [-0.25, -0.2) is 0 Å². The number of hydrogen-bond donors (Lipinski definition) is 3. The second kappa shape index (κ2) is 11.4. The summed E-state index contributed by atoms with van der Waals surface area (Å²) in [4.78, 5) is 23.3. The predicted molar refractivity (Wildman–Crippen MR) is 119 cm³/mol. The molecule has 0 aliphatic heterocycles. The molecule has 1 atom stereocenters. The van der Waals surface area contributed by atoms with Crippen LogP contribution in [-0.4, -0.2) is 49.5 Å². The first kappa shape index (κ1) is 26.5. The van der Waals surface area contributed by atoms with Gasteiger partial charge in [-0.15, -0.1) is 0 Å². The molecule has 2 aromatic carbocycles. The number of benzene rings is 2. The topological polar surface area (TPSA) is 148 Å². The van der Waals surface area contributed by atoms with E-state index < -0.39 is 17.9 Å². The summed E-state index contributed by atoms with van der Waals surface area (Å²) in [6.07, 6.45) is 1.12. The van der Waals surface area contributed by atoms with Crippen LogP contribution in [0.4, 0.5) is 5.69 Å². The molecular formula is C23H26ClN3O7. The summed E-state index contributed by atoms with van der Waals surface area (Å²) in [5, 5.41) is 15.8. The molecule has 0 spiro atoms. The number of nitrogens with one attached hydrogen (secondary N) is 1. The number of halogens is 1. The van der Waals surface area contributed by atoms with Gasteiger partial charge in [0.25, 0.3) is 5.91 Å². The smallest absolute Gasteiger partial charge is 0.309 e. The average molecular weight is 492 g/mol. The lowest BCUT2D eigenvalue weighted by atomic mass is 9.99. The highest BCUT2D eigenvalue weighted by Gasteiger charge is 2.23. The largest absolute Gasteiger partial charge is 1.00 e. The van der Waals surface area contributed by atoms with Crippen LogP contribution in [0.3, 0.4) is 0 Å². The fraction of sp³-hybridized carbons (Fsp3) is 0.261. The zero-order valence-electron chi connectivity index (χ0n) is 19.2. The van der Waals surface area contributed by atoms with Gasteiger partial charge < -0.3 is 47.3 Å². The minimum atomic E-state index is -1.11. The number of anilines is 1. The number of carbonyl (C=O) groups is 2. The van der Waals surface area contributed by atoms with Crippen molar-refractivity contribution in [3.63, 3.8) is 0 Å². The average Bonchev–Trinajstić information content (AvgIpc) is 3.28. The van der Waals surface area contributed by atoms with Crippen molar-refractivity contribution in [1.82, 2.24) is 5.16 Å². The van der Waals surface area contributed by atoms with Crippen molar-refractivity contribution in [1.29, 1.82) is 0 Å². The lowest BCUT2D eigenvalue weighted by Gasteiger charge is -2.14. The zero-order valence-corrected chi connectivity index (χ0v) is 19.9. The summed E-state index contributed by atoms with van der Waals surface area (Å²) in [5.74, 6) is -0.0393. The van der Waals surface area contributed by atoms with Gasteiger partial charge in [0, 0.05) is 11.1 Å². The Hall–Kier alpha value is -3.76. The van der Waals surface area contributed by atoms with Crippen molar-refractivity contribution in [3.8, 4) is 39.6 Å². The van der Waals surface area contributed by atoms with Crippen LogP contribution in [0.25, 0.3) is 22.4 Å². The maximum Gasteiger partial charge on any atom is 0.309 e. The van der Waals surface area contributed by atoms with Crippen LogP contribution in [0.15, 0.2) is 41.1 Å². The van der Waals surface area contributed by atoms with Gasteiger partial charge in [0.05, 0.1) is 27.0 Å².